The molecule has 1 N–H and O–H groups in total. The summed E-state index contributed by atoms with van der Waals surface area (Å²) < 4.78 is 1.74. The van der Waals surface area contributed by atoms with Crippen LogP contribution in [0.3, 0.4) is 0 Å². The van der Waals surface area contributed by atoms with Crippen molar-refractivity contribution in [3.05, 3.63) is 58.8 Å². The number of aromatic nitrogens is 3. The number of fused-ring (bicyclic) bond motifs is 2. The number of nitrogens with zero attached hydrogens (tertiary/aromatic N) is 5. The molecule has 2 aliphatic rings. The Bertz CT molecular complexity index is 1250. The van der Waals surface area contributed by atoms with Gasteiger partial charge in [-0.1, -0.05) is 12.5 Å². The Morgan fingerprint density at radius 1 is 0.939 bits per heavy atom. The number of pyridine rings is 1. The molecule has 4 heterocycles. The summed E-state index contributed by atoms with van der Waals surface area (Å²) >= 11 is 0. The van der Waals surface area contributed by atoms with E-state index in [0.717, 1.165) is 37.3 Å². The predicted molar refractivity (Wildman–Crippen MR) is 125 cm³/mol. The van der Waals surface area contributed by atoms with Crippen LogP contribution >= 0.6 is 0 Å². The first-order valence-electron chi connectivity index (χ1n) is 11.4. The number of hydrogen-bond donors (Lipinski definition) is 1. The van der Waals surface area contributed by atoms with Crippen molar-refractivity contribution >= 4 is 34.2 Å². The monoisotopic (exact) mass is 446 g/mol. The summed E-state index contributed by atoms with van der Waals surface area (Å²) in [6.45, 7) is 2.77. The van der Waals surface area contributed by atoms with E-state index in [1.54, 1.807) is 33.9 Å². The number of anilines is 2. The van der Waals surface area contributed by atoms with Crippen LogP contribution in [-0.2, 0) is 22.6 Å². The van der Waals surface area contributed by atoms with Crippen molar-refractivity contribution in [1.82, 2.24) is 19.4 Å². The fourth-order valence-electron chi connectivity index (χ4n) is 4.50. The molecule has 0 radical (unpaired) electrons. The lowest BCUT2D eigenvalue weighted by Crippen LogP contribution is -2.51. The van der Waals surface area contributed by atoms with Gasteiger partial charge in [0.2, 0.25) is 0 Å². The molecule has 0 aliphatic carbocycles. The van der Waals surface area contributed by atoms with E-state index < -0.39 is 11.8 Å². The van der Waals surface area contributed by atoms with E-state index in [0.29, 0.717) is 49.3 Å². The zero-order valence-corrected chi connectivity index (χ0v) is 18.4. The van der Waals surface area contributed by atoms with Crippen molar-refractivity contribution in [2.24, 2.45) is 0 Å². The molecule has 170 valence electrons. The van der Waals surface area contributed by atoms with Gasteiger partial charge in [0, 0.05) is 51.0 Å². The summed E-state index contributed by atoms with van der Waals surface area (Å²) in [5, 5.41) is 3.12. The van der Waals surface area contributed by atoms with E-state index in [1.165, 1.54) is 0 Å². The van der Waals surface area contributed by atoms with Crippen molar-refractivity contribution in [2.45, 2.75) is 32.2 Å². The number of nitrogens with one attached hydrogen (secondary N) is 1. The van der Waals surface area contributed by atoms with Crippen LogP contribution in [0.15, 0.2) is 47.4 Å². The normalized spacial score (nSPS) is 16.2. The zero-order valence-electron chi connectivity index (χ0n) is 18.4. The molecular formula is C24H26N6O3. The molecule has 0 saturated carbocycles. The summed E-state index contributed by atoms with van der Waals surface area (Å²) in [6.07, 6.45) is 5.61. The number of piperazine rings is 1. The van der Waals surface area contributed by atoms with Gasteiger partial charge in [-0.2, -0.15) is 0 Å². The van der Waals surface area contributed by atoms with E-state index in [-0.39, 0.29) is 5.56 Å². The quantitative estimate of drug-likeness (QED) is 0.603. The van der Waals surface area contributed by atoms with Crippen LogP contribution in [0.5, 0.6) is 0 Å². The molecule has 33 heavy (non-hydrogen) atoms. The Morgan fingerprint density at radius 3 is 2.58 bits per heavy atom. The Balaban J connectivity index is 1.27. The topological polar surface area (TPSA) is 100 Å². The van der Waals surface area contributed by atoms with Gasteiger partial charge in [0.05, 0.1) is 10.9 Å². The van der Waals surface area contributed by atoms with E-state index in [9.17, 15) is 14.4 Å². The highest BCUT2D eigenvalue weighted by Crippen LogP contribution is 2.19. The highest BCUT2D eigenvalue weighted by atomic mass is 16.2. The van der Waals surface area contributed by atoms with Gasteiger partial charge in [0.15, 0.2) is 0 Å². The standard InChI is InChI=1S/C24H26N6O3/c31-22(24(33)29-14-12-28(13-15-29)20-6-3-4-10-25-20)26-17-8-9-19-18(16-17)23(32)30-11-5-1-2-7-21(30)27-19/h3-4,6,8-10,16H,1-2,5,7,11-15H2,(H,26,31). The Labute approximate surface area is 191 Å². The third kappa shape index (κ3) is 4.30. The van der Waals surface area contributed by atoms with Gasteiger partial charge >= 0.3 is 11.8 Å². The lowest BCUT2D eigenvalue weighted by atomic mass is 10.2. The van der Waals surface area contributed by atoms with Gasteiger partial charge in [-0.25, -0.2) is 9.97 Å². The number of benzene rings is 1. The molecular weight excluding hydrogens is 420 g/mol. The zero-order chi connectivity index (χ0) is 22.8. The van der Waals surface area contributed by atoms with Crippen LogP contribution in [-0.4, -0.2) is 57.4 Å². The lowest BCUT2D eigenvalue weighted by Gasteiger charge is -2.34. The van der Waals surface area contributed by atoms with Crippen LogP contribution in [0, 0.1) is 0 Å². The minimum Gasteiger partial charge on any atom is -0.353 e. The molecule has 1 aromatic carbocycles. The average Bonchev–Trinajstić information content (AvgIpc) is 3.10. The highest BCUT2D eigenvalue weighted by Gasteiger charge is 2.26. The number of aryl methyl sites for hydroxylation is 1. The van der Waals surface area contributed by atoms with E-state index in [4.69, 9.17) is 0 Å². The predicted octanol–water partition coefficient (Wildman–Crippen LogP) is 1.81. The highest BCUT2D eigenvalue weighted by molar-refractivity contribution is 6.39. The van der Waals surface area contributed by atoms with Crippen LogP contribution in [0.4, 0.5) is 11.5 Å². The molecule has 1 saturated heterocycles. The van der Waals surface area contributed by atoms with Gasteiger partial charge in [-0.05, 0) is 43.2 Å². The fourth-order valence-corrected chi connectivity index (χ4v) is 4.50. The SMILES string of the molecule is O=C(Nc1ccc2nc3n(c(=O)c2c1)CCCCC3)C(=O)N1CCN(c2ccccn2)CC1. The van der Waals surface area contributed by atoms with Gasteiger partial charge < -0.3 is 15.1 Å². The summed E-state index contributed by atoms with van der Waals surface area (Å²) in [7, 11) is 0. The average molecular weight is 447 g/mol. The lowest BCUT2D eigenvalue weighted by molar-refractivity contribution is -0.143. The van der Waals surface area contributed by atoms with Gasteiger partial charge in [0.1, 0.15) is 11.6 Å². The molecule has 0 unspecified atom stereocenters. The molecule has 2 aromatic heterocycles. The molecule has 1 fully saturated rings. The van der Waals surface area contributed by atoms with Gasteiger partial charge in [-0.15, -0.1) is 0 Å². The van der Waals surface area contributed by atoms with Crippen LogP contribution < -0.4 is 15.8 Å². The summed E-state index contributed by atoms with van der Waals surface area (Å²) in [5.41, 5.74) is 0.939. The van der Waals surface area contributed by atoms with Crippen molar-refractivity contribution in [2.75, 3.05) is 36.4 Å². The maximum absolute atomic E-state index is 13.0. The first kappa shape index (κ1) is 21.1. The maximum Gasteiger partial charge on any atom is 0.313 e. The molecule has 5 rings (SSSR count). The fraction of sp³-hybridized carbons (Fsp3) is 0.375. The summed E-state index contributed by atoms with van der Waals surface area (Å²) in [4.78, 5) is 51.0. The van der Waals surface area contributed by atoms with Crippen LogP contribution in [0.2, 0.25) is 0 Å². The third-order valence-electron chi connectivity index (χ3n) is 6.31. The number of carbonyl (C=O) groups is 2. The van der Waals surface area contributed by atoms with E-state index in [1.807, 2.05) is 18.2 Å². The minimum absolute atomic E-state index is 0.0926. The minimum atomic E-state index is -0.705. The van der Waals surface area contributed by atoms with Crippen LogP contribution in [0.25, 0.3) is 10.9 Å². The molecule has 9 heteroatoms. The van der Waals surface area contributed by atoms with Crippen molar-refractivity contribution in [1.29, 1.82) is 0 Å². The van der Waals surface area contributed by atoms with Crippen molar-refractivity contribution < 1.29 is 9.59 Å². The first-order chi connectivity index (χ1) is 16.1. The first-order valence-corrected chi connectivity index (χ1v) is 11.4. The third-order valence-corrected chi connectivity index (χ3v) is 6.31. The Kier molecular flexibility index (Phi) is 5.77. The number of hydrogen-bond acceptors (Lipinski definition) is 6. The van der Waals surface area contributed by atoms with E-state index >= 15 is 0 Å². The summed E-state index contributed by atoms with van der Waals surface area (Å²) in [6, 6.07) is 10.8. The van der Waals surface area contributed by atoms with Crippen LogP contribution in [0.1, 0.15) is 25.1 Å². The Morgan fingerprint density at radius 2 is 1.79 bits per heavy atom. The van der Waals surface area contributed by atoms with Gasteiger partial charge in [-0.3, -0.25) is 19.0 Å². The van der Waals surface area contributed by atoms with Crippen molar-refractivity contribution in [3.8, 4) is 0 Å². The molecule has 9 nitrogen and oxygen atoms in total. The summed E-state index contributed by atoms with van der Waals surface area (Å²) in [5.74, 6) is 0.404. The van der Waals surface area contributed by atoms with E-state index in [2.05, 4.69) is 20.2 Å². The molecule has 2 amide bonds. The molecule has 0 spiro atoms. The molecule has 0 bridgehead atoms. The second-order valence-electron chi connectivity index (χ2n) is 8.45. The second-order valence-corrected chi connectivity index (χ2v) is 8.45. The molecule has 3 aromatic rings. The molecule has 0 atom stereocenters. The largest absolute Gasteiger partial charge is 0.353 e. The smallest absolute Gasteiger partial charge is 0.313 e. The number of amides is 2. The van der Waals surface area contributed by atoms with Crippen molar-refractivity contribution in [3.63, 3.8) is 0 Å². The second kappa shape index (κ2) is 9.01. The Hall–Kier alpha value is -3.75. The maximum atomic E-state index is 13.0. The number of carbonyl (C=O) groups excluding carboxylic acids is 2. The molecule has 2 aliphatic heterocycles. The number of rotatable bonds is 2. The van der Waals surface area contributed by atoms with Gasteiger partial charge in [0.25, 0.3) is 5.56 Å².